The molecule has 5 heteroatoms. The number of carbonyl (C=O) groups is 2. The van der Waals surface area contributed by atoms with Crippen molar-refractivity contribution in [3.05, 3.63) is 35.9 Å². The quantitative estimate of drug-likeness (QED) is 0.505. The summed E-state index contributed by atoms with van der Waals surface area (Å²) in [5, 5.41) is 5.85. The monoisotopic (exact) mass is 331 g/mol. The first kappa shape index (κ1) is 18.5. The van der Waals surface area contributed by atoms with Crippen molar-refractivity contribution in [2.45, 2.75) is 32.1 Å². The molecule has 1 aromatic rings. The molecule has 0 aliphatic heterocycles. The minimum atomic E-state index is -0.801. The minimum absolute atomic E-state index is 0.109. The Balaban J connectivity index is 1.66. The van der Waals surface area contributed by atoms with Crippen molar-refractivity contribution >= 4 is 11.8 Å². The van der Waals surface area contributed by atoms with Gasteiger partial charge in [-0.3, -0.25) is 9.59 Å². The van der Waals surface area contributed by atoms with Crippen molar-refractivity contribution in [1.82, 2.24) is 15.5 Å². The number of benzene rings is 1. The van der Waals surface area contributed by atoms with Gasteiger partial charge in [0.1, 0.15) is 5.41 Å². The van der Waals surface area contributed by atoms with Gasteiger partial charge in [0, 0.05) is 13.1 Å². The van der Waals surface area contributed by atoms with Crippen molar-refractivity contribution in [1.29, 1.82) is 0 Å². The van der Waals surface area contributed by atoms with Crippen LogP contribution in [0.25, 0.3) is 0 Å². The second-order valence-electron chi connectivity index (χ2n) is 6.84. The van der Waals surface area contributed by atoms with Gasteiger partial charge in [0.25, 0.3) is 0 Å². The summed E-state index contributed by atoms with van der Waals surface area (Å²) in [6, 6.07) is 10.2. The topological polar surface area (TPSA) is 61.4 Å². The highest BCUT2D eigenvalue weighted by Gasteiger charge is 2.56. The summed E-state index contributed by atoms with van der Waals surface area (Å²) in [7, 11) is 4.01. The number of hydrogen-bond acceptors (Lipinski definition) is 3. The maximum atomic E-state index is 12.3. The number of nitrogens with one attached hydrogen (secondary N) is 2. The summed E-state index contributed by atoms with van der Waals surface area (Å²) in [6.45, 7) is 2.17. The standard InChI is InChI=1S/C19H29N3O2/c1-22(2)15-7-14-21-18(24)19(11-12-19)17(23)20-13-6-10-16-8-4-3-5-9-16/h3-5,8-9H,6-7,10-15H2,1-2H3,(H,20,23)(H,21,24). The molecule has 2 N–H and O–H groups in total. The molecule has 2 rings (SSSR count). The van der Waals surface area contributed by atoms with E-state index in [1.165, 1.54) is 5.56 Å². The van der Waals surface area contributed by atoms with Crippen LogP contribution >= 0.6 is 0 Å². The number of nitrogens with zero attached hydrogens (tertiary/aromatic N) is 1. The second kappa shape index (κ2) is 8.83. The third-order valence-electron chi connectivity index (χ3n) is 4.46. The maximum Gasteiger partial charge on any atom is 0.235 e. The molecule has 0 heterocycles. The van der Waals surface area contributed by atoms with Gasteiger partial charge in [-0.25, -0.2) is 0 Å². The fourth-order valence-corrected chi connectivity index (χ4v) is 2.76. The largest absolute Gasteiger partial charge is 0.355 e. The van der Waals surface area contributed by atoms with Crippen LogP contribution < -0.4 is 10.6 Å². The average Bonchev–Trinajstić information content (AvgIpc) is 3.38. The third-order valence-corrected chi connectivity index (χ3v) is 4.46. The molecule has 1 fully saturated rings. The van der Waals surface area contributed by atoms with E-state index < -0.39 is 5.41 Å². The molecule has 0 saturated heterocycles. The van der Waals surface area contributed by atoms with Gasteiger partial charge < -0.3 is 15.5 Å². The van der Waals surface area contributed by atoms with E-state index in [1.54, 1.807) is 0 Å². The highest BCUT2D eigenvalue weighted by atomic mass is 16.2. The molecule has 0 aromatic heterocycles. The molecule has 0 bridgehead atoms. The molecule has 1 saturated carbocycles. The molecular formula is C19H29N3O2. The zero-order chi connectivity index (χ0) is 17.4. The molecule has 0 unspecified atom stereocenters. The second-order valence-corrected chi connectivity index (χ2v) is 6.84. The average molecular weight is 331 g/mol. The highest BCUT2D eigenvalue weighted by molar-refractivity contribution is 6.07. The predicted octanol–water partition coefficient (Wildman–Crippen LogP) is 1.58. The molecule has 1 aliphatic carbocycles. The van der Waals surface area contributed by atoms with Gasteiger partial charge >= 0.3 is 0 Å². The Labute approximate surface area is 144 Å². The molecule has 0 spiro atoms. The van der Waals surface area contributed by atoms with Gasteiger partial charge in [0.15, 0.2) is 0 Å². The first-order chi connectivity index (χ1) is 11.5. The van der Waals surface area contributed by atoms with Crippen LogP contribution in [0.1, 0.15) is 31.2 Å². The third kappa shape index (κ3) is 5.34. The molecular weight excluding hydrogens is 302 g/mol. The molecule has 0 radical (unpaired) electrons. The lowest BCUT2D eigenvalue weighted by molar-refractivity contribution is -0.137. The van der Waals surface area contributed by atoms with Crippen molar-refractivity contribution in [2.24, 2.45) is 5.41 Å². The van der Waals surface area contributed by atoms with Crippen LogP contribution in [0.5, 0.6) is 0 Å². The fraction of sp³-hybridized carbons (Fsp3) is 0.579. The van der Waals surface area contributed by atoms with E-state index in [1.807, 2.05) is 32.3 Å². The lowest BCUT2D eigenvalue weighted by atomic mass is 10.0. The van der Waals surface area contributed by atoms with Crippen LogP contribution in [0.15, 0.2) is 30.3 Å². The van der Waals surface area contributed by atoms with E-state index >= 15 is 0 Å². The van der Waals surface area contributed by atoms with E-state index in [4.69, 9.17) is 0 Å². The van der Waals surface area contributed by atoms with Gasteiger partial charge in [-0.1, -0.05) is 30.3 Å². The summed E-state index contributed by atoms with van der Waals surface area (Å²) in [6.07, 6.45) is 4.04. The molecule has 2 amide bonds. The normalized spacial score (nSPS) is 15.1. The first-order valence-electron chi connectivity index (χ1n) is 8.80. The summed E-state index contributed by atoms with van der Waals surface area (Å²) < 4.78 is 0. The van der Waals surface area contributed by atoms with E-state index in [0.29, 0.717) is 25.9 Å². The van der Waals surface area contributed by atoms with Crippen LogP contribution in [-0.2, 0) is 16.0 Å². The first-order valence-corrected chi connectivity index (χ1v) is 8.80. The summed E-state index contributed by atoms with van der Waals surface area (Å²) >= 11 is 0. The minimum Gasteiger partial charge on any atom is -0.355 e. The maximum absolute atomic E-state index is 12.3. The van der Waals surface area contributed by atoms with Gasteiger partial charge in [-0.05, 0) is 58.3 Å². The van der Waals surface area contributed by atoms with Gasteiger partial charge in [0.2, 0.25) is 11.8 Å². The number of aryl methyl sites for hydroxylation is 1. The predicted molar refractivity (Wildman–Crippen MR) is 95.6 cm³/mol. The van der Waals surface area contributed by atoms with Crippen LogP contribution in [0.3, 0.4) is 0 Å². The van der Waals surface area contributed by atoms with E-state index in [0.717, 1.165) is 25.8 Å². The number of carbonyl (C=O) groups excluding carboxylic acids is 2. The summed E-state index contributed by atoms with van der Waals surface area (Å²) in [5.74, 6) is -0.220. The summed E-state index contributed by atoms with van der Waals surface area (Å²) in [5.41, 5.74) is 0.469. The molecule has 132 valence electrons. The number of hydrogen-bond donors (Lipinski definition) is 2. The molecule has 1 aliphatic rings. The lowest BCUT2D eigenvalue weighted by Gasteiger charge is -2.16. The van der Waals surface area contributed by atoms with E-state index in [9.17, 15) is 9.59 Å². The van der Waals surface area contributed by atoms with Crippen molar-refractivity contribution in [2.75, 3.05) is 33.7 Å². The van der Waals surface area contributed by atoms with Crippen LogP contribution in [0.4, 0.5) is 0 Å². The fourth-order valence-electron chi connectivity index (χ4n) is 2.76. The Hall–Kier alpha value is -1.88. The number of amides is 2. The van der Waals surface area contributed by atoms with E-state index in [-0.39, 0.29) is 11.8 Å². The van der Waals surface area contributed by atoms with Crippen molar-refractivity contribution < 1.29 is 9.59 Å². The summed E-state index contributed by atoms with van der Waals surface area (Å²) in [4.78, 5) is 26.7. The van der Waals surface area contributed by atoms with Crippen molar-refractivity contribution in [3.8, 4) is 0 Å². The SMILES string of the molecule is CN(C)CCCNC(=O)C1(C(=O)NCCCc2ccccc2)CC1. The Morgan fingerprint density at radius 1 is 1.00 bits per heavy atom. The van der Waals surface area contributed by atoms with Gasteiger partial charge in [-0.2, -0.15) is 0 Å². The van der Waals surface area contributed by atoms with Crippen LogP contribution in [-0.4, -0.2) is 50.4 Å². The Morgan fingerprint density at radius 2 is 1.58 bits per heavy atom. The van der Waals surface area contributed by atoms with Gasteiger partial charge in [0.05, 0.1) is 0 Å². The van der Waals surface area contributed by atoms with Crippen LogP contribution in [0.2, 0.25) is 0 Å². The van der Waals surface area contributed by atoms with Crippen LogP contribution in [0, 0.1) is 5.41 Å². The molecule has 5 nitrogen and oxygen atoms in total. The molecule has 1 aromatic carbocycles. The Bertz CT molecular complexity index is 539. The van der Waals surface area contributed by atoms with E-state index in [2.05, 4.69) is 27.7 Å². The Kier molecular flexibility index (Phi) is 6.79. The zero-order valence-electron chi connectivity index (χ0n) is 14.8. The smallest absolute Gasteiger partial charge is 0.235 e. The highest BCUT2D eigenvalue weighted by Crippen LogP contribution is 2.46. The number of rotatable bonds is 10. The van der Waals surface area contributed by atoms with Gasteiger partial charge in [-0.15, -0.1) is 0 Å². The van der Waals surface area contributed by atoms with Crippen molar-refractivity contribution in [3.63, 3.8) is 0 Å². The lowest BCUT2D eigenvalue weighted by Crippen LogP contribution is -2.43. The molecule has 0 atom stereocenters. The Morgan fingerprint density at radius 3 is 2.12 bits per heavy atom. The zero-order valence-corrected chi connectivity index (χ0v) is 14.8. The molecule has 24 heavy (non-hydrogen) atoms.